The van der Waals surface area contributed by atoms with E-state index in [1.54, 1.807) is 23.9 Å². The highest BCUT2D eigenvalue weighted by Crippen LogP contribution is 2.18. The van der Waals surface area contributed by atoms with E-state index in [1.807, 2.05) is 13.8 Å². The third kappa shape index (κ3) is 4.01. The quantitative estimate of drug-likeness (QED) is 0.774. The summed E-state index contributed by atoms with van der Waals surface area (Å²) in [6.45, 7) is 6.92. The summed E-state index contributed by atoms with van der Waals surface area (Å²) in [5.41, 5.74) is 0.283. The number of rotatable bonds is 7. The van der Waals surface area contributed by atoms with Gasteiger partial charge in [-0.05, 0) is 27.7 Å². The smallest absolute Gasteiger partial charge is 0.245 e. The Kier molecular flexibility index (Phi) is 5.40. The van der Waals surface area contributed by atoms with E-state index in [1.165, 1.54) is 6.92 Å². The fourth-order valence-corrected chi connectivity index (χ4v) is 3.62. The monoisotopic (exact) mass is 355 g/mol. The molecule has 0 saturated heterocycles. The molecule has 0 unspecified atom stereocenters. The largest absolute Gasteiger partial charge is 0.360 e. The Morgan fingerprint density at radius 3 is 2.67 bits per heavy atom. The summed E-state index contributed by atoms with van der Waals surface area (Å²) in [5.74, 6) is 0.479. The van der Waals surface area contributed by atoms with Gasteiger partial charge in [0.1, 0.15) is 16.4 Å². The summed E-state index contributed by atoms with van der Waals surface area (Å²) in [6, 6.07) is 1.79. The van der Waals surface area contributed by atoms with Crippen molar-refractivity contribution in [3.8, 4) is 0 Å². The van der Waals surface area contributed by atoms with Crippen molar-refractivity contribution >= 4 is 21.7 Å². The van der Waals surface area contributed by atoms with Gasteiger partial charge in [-0.25, -0.2) is 17.8 Å². The molecule has 0 aliphatic rings. The normalized spacial score (nSPS) is 11.9. The SMILES string of the molecule is Cc1noc(C)c1S(=O)(=O)NCCC(=O)Nc1ccnn1C(C)C. The zero-order chi connectivity index (χ0) is 17.9. The van der Waals surface area contributed by atoms with Crippen LogP contribution >= 0.6 is 0 Å². The van der Waals surface area contributed by atoms with Gasteiger partial charge in [-0.15, -0.1) is 0 Å². The van der Waals surface area contributed by atoms with E-state index in [-0.39, 0.29) is 41.3 Å². The van der Waals surface area contributed by atoms with Crippen molar-refractivity contribution in [2.24, 2.45) is 0 Å². The van der Waals surface area contributed by atoms with Gasteiger partial charge in [-0.3, -0.25) is 4.79 Å². The number of anilines is 1. The van der Waals surface area contributed by atoms with Crippen LogP contribution in [0.2, 0.25) is 0 Å². The van der Waals surface area contributed by atoms with Gasteiger partial charge in [0.2, 0.25) is 15.9 Å². The molecule has 24 heavy (non-hydrogen) atoms. The van der Waals surface area contributed by atoms with Crippen molar-refractivity contribution in [3.63, 3.8) is 0 Å². The Morgan fingerprint density at radius 2 is 2.08 bits per heavy atom. The van der Waals surface area contributed by atoms with Gasteiger partial charge in [-0.1, -0.05) is 5.16 Å². The first-order valence-electron chi connectivity index (χ1n) is 7.48. The van der Waals surface area contributed by atoms with Crippen LogP contribution in [0.5, 0.6) is 0 Å². The molecule has 0 radical (unpaired) electrons. The fourth-order valence-electron chi connectivity index (χ4n) is 2.26. The van der Waals surface area contributed by atoms with Crippen LogP contribution in [0.25, 0.3) is 0 Å². The molecule has 10 heteroatoms. The second kappa shape index (κ2) is 7.14. The maximum atomic E-state index is 12.2. The number of nitrogens with zero attached hydrogens (tertiary/aromatic N) is 3. The van der Waals surface area contributed by atoms with Crippen molar-refractivity contribution in [2.75, 3.05) is 11.9 Å². The number of aryl methyl sites for hydroxylation is 2. The molecule has 0 spiro atoms. The molecule has 0 fully saturated rings. The summed E-state index contributed by atoms with van der Waals surface area (Å²) < 4.78 is 33.3. The lowest BCUT2D eigenvalue weighted by atomic mass is 10.4. The maximum absolute atomic E-state index is 12.2. The fraction of sp³-hybridized carbons (Fsp3) is 0.500. The number of hydrogen-bond donors (Lipinski definition) is 2. The Morgan fingerprint density at radius 1 is 1.38 bits per heavy atom. The van der Waals surface area contributed by atoms with Crippen LogP contribution < -0.4 is 10.0 Å². The average molecular weight is 355 g/mol. The average Bonchev–Trinajstić information content (AvgIpc) is 3.05. The molecule has 132 valence electrons. The second-order valence-electron chi connectivity index (χ2n) is 5.60. The molecular formula is C14H21N5O4S. The van der Waals surface area contributed by atoms with Crippen LogP contribution in [0.15, 0.2) is 21.7 Å². The number of carbonyl (C=O) groups is 1. The number of sulfonamides is 1. The highest BCUT2D eigenvalue weighted by Gasteiger charge is 2.23. The number of hydrogen-bond acceptors (Lipinski definition) is 6. The van der Waals surface area contributed by atoms with Crippen molar-refractivity contribution in [1.82, 2.24) is 19.7 Å². The lowest BCUT2D eigenvalue weighted by molar-refractivity contribution is -0.116. The first-order valence-corrected chi connectivity index (χ1v) is 8.96. The van der Waals surface area contributed by atoms with Gasteiger partial charge in [0, 0.05) is 25.1 Å². The Hall–Kier alpha value is -2.20. The lowest BCUT2D eigenvalue weighted by Gasteiger charge is -2.12. The van der Waals surface area contributed by atoms with Crippen LogP contribution in [-0.4, -0.2) is 35.8 Å². The molecular weight excluding hydrogens is 334 g/mol. The molecule has 0 aliphatic heterocycles. The van der Waals surface area contributed by atoms with Crippen molar-refractivity contribution in [1.29, 1.82) is 0 Å². The summed E-state index contributed by atoms with van der Waals surface area (Å²) in [6.07, 6.45) is 1.58. The summed E-state index contributed by atoms with van der Waals surface area (Å²) >= 11 is 0. The van der Waals surface area contributed by atoms with E-state index in [0.717, 1.165) is 0 Å². The molecule has 2 rings (SSSR count). The van der Waals surface area contributed by atoms with Gasteiger partial charge in [0.25, 0.3) is 0 Å². The molecule has 0 aliphatic carbocycles. The highest BCUT2D eigenvalue weighted by molar-refractivity contribution is 7.89. The van der Waals surface area contributed by atoms with Gasteiger partial charge >= 0.3 is 0 Å². The minimum absolute atomic E-state index is 0.00806. The standard InChI is InChI=1S/C14H21N5O4S/c1-9(2)19-12(5-7-15-19)17-13(20)6-8-16-24(21,22)14-10(3)18-23-11(14)4/h5,7,9,16H,6,8H2,1-4H3,(H,17,20). The van der Waals surface area contributed by atoms with Gasteiger partial charge in [0.15, 0.2) is 5.76 Å². The van der Waals surface area contributed by atoms with E-state index >= 15 is 0 Å². The second-order valence-corrected chi connectivity index (χ2v) is 7.31. The van der Waals surface area contributed by atoms with Crippen LogP contribution in [0.4, 0.5) is 5.82 Å². The van der Waals surface area contributed by atoms with Crippen LogP contribution in [0.1, 0.15) is 37.8 Å². The molecule has 0 aromatic carbocycles. The molecule has 9 nitrogen and oxygen atoms in total. The third-order valence-electron chi connectivity index (χ3n) is 3.31. The molecule has 2 N–H and O–H groups in total. The van der Waals surface area contributed by atoms with Crippen LogP contribution in [0, 0.1) is 13.8 Å². The van der Waals surface area contributed by atoms with Crippen LogP contribution in [-0.2, 0) is 14.8 Å². The molecule has 2 heterocycles. The molecule has 2 aromatic heterocycles. The van der Waals surface area contributed by atoms with Crippen molar-refractivity contribution in [3.05, 3.63) is 23.7 Å². The zero-order valence-corrected chi connectivity index (χ0v) is 14.8. The minimum Gasteiger partial charge on any atom is -0.360 e. The summed E-state index contributed by atoms with van der Waals surface area (Å²) in [7, 11) is -3.76. The maximum Gasteiger partial charge on any atom is 0.245 e. The van der Waals surface area contributed by atoms with Crippen molar-refractivity contribution in [2.45, 2.75) is 45.1 Å². The van der Waals surface area contributed by atoms with Crippen molar-refractivity contribution < 1.29 is 17.7 Å². The Bertz CT molecular complexity index is 803. The van der Waals surface area contributed by atoms with Gasteiger partial charge < -0.3 is 9.84 Å². The third-order valence-corrected chi connectivity index (χ3v) is 5.01. The number of amides is 1. The van der Waals surface area contributed by atoms with E-state index in [0.29, 0.717) is 5.82 Å². The number of carbonyl (C=O) groups excluding carboxylic acids is 1. The molecule has 0 saturated carbocycles. The Balaban J connectivity index is 1.92. The number of aromatic nitrogens is 3. The van der Waals surface area contributed by atoms with Gasteiger partial charge in [-0.2, -0.15) is 5.10 Å². The lowest BCUT2D eigenvalue weighted by Crippen LogP contribution is -2.28. The first kappa shape index (κ1) is 18.1. The molecule has 2 aromatic rings. The van der Waals surface area contributed by atoms with Gasteiger partial charge in [0.05, 0.1) is 6.20 Å². The predicted octanol–water partition coefficient (Wildman–Crippen LogP) is 1.38. The summed E-state index contributed by atoms with van der Waals surface area (Å²) in [5, 5.41) is 10.4. The van der Waals surface area contributed by atoms with E-state index in [2.05, 4.69) is 20.3 Å². The Labute approximate surface area is 140 Å². The molecule has 1 amide bonds. The zero-order valence-electron chi connectivity index (χ0n) is 14.0. The first-order chi connectivity index (χ1) is 11.2. The summed E-state index contributed by atoms with van der Waals surface area (Å²) in [4.78, 5) is 12.0. The molecule has 0 bridgehead atoms. The van der Waals surface area contributed by atoms with E-state index < -0.39 is 10.0 Å². The topological polar surface area (TPSA) is 119 Å². The minimum atomic E-state index is -3.76. The highest BCUT2D eigenvalue weighted by atomic mass is 32.2. The number of nitrogens with one attached hydrogen (secondary N) is 2. The van der Waals surface area contributed by atoms with E-state index in [9.17, 15) is 13.2 Å². The predicted molar refractivity (Wildman–Crippen MR) is 87.0 cm³/mol. The van der Waals surface area contributed by atoms with E-state index in [4.69, 9.17) is 4.52 Å². The van der Waals surface area contributed by atoms with Crippen LogP contribution in [0.3, 0.4) is 0 Å². The molecule has 0 atom stereocenters.